The summed E-state index contributed by atoms with van der Waals surface area (Å²) in [5, 5.41) is 7.21. The third-order valence-electron chi connectivity index (χ3n) is 11.0. The summed E-state index contributed by atoms with van der Waals surface area (Å²) in [6.45, 7) is 15.7. The number of carbonyl (C=O) groups is 8. The summed E-state index contributed by atoms with van der Waals surface area (Å²) in [6, 6.07) is 11.3. The normalized spacial score (nSPS) is 23.6. The van der Waals surface area contributed by atoms with Gasteiger partial charge in [-0.25, -0.2) is 4.79 Å². The van der Waals surface area contributed by atoms with Crippen LogP contribution in [0, 0.1) is 16.7 Å². The fourth-order valence-electron chi connectivity index (χ4n) is 7.31. The molecule has 348 valence electrons. The van der Waals surface area contributed by atoms with Gasteiger partial charge in [0.15, 0.2) is 5.78 Å². The minimum absolute atomic E-state index is 0.368. The molecule has 3 aliphatic rings. The molecule has 5 N–H and O–H groups in total. The first-order valence-corrected chi connectivity index (χ1v) is 22.6. The lowest BCUT2D eigenvalue weighted by molar-refractivity contribution is -0.180. The number of benzene rings is 2. The van der Waals surface area contributed by atoms with Crippen molar-refractivity contribution in [2.75, 3.05) is 13.6 Å². The van der Waals surface area contributed by atoms with E-state index in [-0.39, 0.29) is 0 Å². The van der Waals surface area contributed by atoms with Gasteiger partial charge in [-0.2, -0.15) is 0 Å². The first-order valence-electron chi connectivity index (χ1n) is 20.8. The van der Waals surface area contributed by atoms with Crippen LogP contribution in [-0.4, -0.2) is 104 Å². The van der Waals surface area contributed by atoms with Crippen molar-refractivity contribution in [3.63, 3.8) is 0 Å². The van der Waals surface area contributed by atoms with Crippen molar-refractivity contribution in [2.24, 2.45) is 22.5 Å². The summed E-state index contributed by atoms with van der Waals surface area (Å²) < 4.78 is 19.1. The molecule has 8 atom stereocenters. The molecule has 3 amide bonds. The quantitative estimate of drug-likeness (QED) is 0.107. The van der Waals surface area contributed by atoms with Gasteiger partial charge in [-0.05, 0) is 80.4 Å². The highest BCUT2D eigenvalue weighted by atomic mass is 32.2. The van der Waals surface area contributed by atoms with Crippen LogP contribution >= 0.6 is 23.5 Å². The summed E-state index contributed by atoms with van der Waals surface area (Å²) in [7, 11) is 0. The summed E-state index contributed by atoms with van der Waals surface area (Å²) >= 11 is 2.50. The van der Waals surface area contributed by atoms with Crippen LogP contribution in [0.4, 0.5) is 0 Å². The van der Waals surface area contributed by atoms with Gasteiger partial charge in [0.1, 0.15) is 29.5 Å². The van der Waals surface area contributed by atoms with E-state index in [9.17, 15) is 38.4 Å². The molecule has 3 heterocycles. The Balaban J connectivity index is 1.35. The van der Waals surface area contributed by atoms with Crippen molar-refractivity contribution in [3.8, 4) is 0 Å². The largest absolute Gasteiger partial charge is 0.427 e. The minimum atomic E-state index is -1.37. The van der Waals surface area contributed by atoms with Crippen LogP contribution < -0.4 is 21.7 Å². The first-order chi connectivity index (χ1) is 29.7. The van der Waals surface area contributed by atoms with Gasteiger partial charge in [-0.1, -0.05) is 60.7 Å². The highest BCUT2D eigenvalue weighted by Gasteiger charge is 2.65. The zero-order valence-corrected chi connectivity index (χ0v) is 39.4. The Hall–Kier alpha value is -4.98. The number of hydrogen-bond acceptors (Lipinski definition) is 16. The van der Waals surface area contributed by atoms with E-state index >= 15 is 0 Å². The minimum Gasteiger partial charge on any atom is -0.427 e. The molecular formula is C45H59N5O12S2. The molecule has 3 fully saturated rings. The standard InChI is InChI=1S/C45H59N5O12S2/c1-42(2,3)40(57)61-22-59-38(55)31-44(7,8)63-35(49-31)26(21-27(51)28(46)24-17-13-11-14-18-24)33(52)47-29(25-19-15-12-16-20-25)34(53)48-30-36(54)50-32(45(9,10)64-37(30)50)39(56)60-23-62-41(58)43(4,5)6/h11-20,26,28-32,35,37,49H,21-23,46H2,1-10H3,(H,47,52)(H,48,53)/t26?,28-,29-,30-,31+,32+,35?,37-/m1/s1. The number of Topliss-reactive ketones (excluding diaryl/α,β-unsaturated/α-hetero) is 1. The third-order valence-corrected chi connectivity index (χ3v) is 14.1. The Morgan fingerprint density at radius 1 is 0.734 bits per heavy atom. The van der Waals surface area contributed by atoms with Crippen LogP contribution in [0.1, 0.15) is 98.9 Å². The van der Waals surface area contributed by atoms with Crippen molar-refractivity contribution < 1.29 is 57.3 Å². The number of nitrogens with one attached hydrogen (secondary N) is 3. The Morgan fingerprint density at radius 3 is 1.78 bits per heavy atom. The number of nitrogens with zero attached hydrogens (tertiary/aromatic N) is 1. The monoisotopic (exact) mass is 925 g/mol. The van der Waals surface area contributed by atoms with Crippen molar-refractivity contribution in [3.05, 3.63) is 71.8 Å². The number of nitrogens with two attached hydrogens (primary N) is 1. The number of amides is 3. The van der Waals surface area contributed by atoms with Crippen LogP contribution in [0.15, 0.2) is 60.7 Å². The highest BCUT2D eigenvalue weighted by molar-refractivity contribution is 8.02. The summed E-state index contributed by atoms with van der Waals surface area (Å²) in [5.74, 6) is -6.36. The second kappa shape index (κ2) is 19.6. The van der Waals surface area contributed by atoms with Crippen LogP contribution in [0.2, 0.25) is 0 Å². The number of rotatable bonds is 16. The molecule has 19 heteroatoms. The first kappa shape index (κ1) is 50.0. The Labute approximate surface area is 381 Å². The van der Waals surface area contributed by atoms with Crippen LogP contribution in [0.25, 0.3) is 0 Å². The lowest BCUT2D eigenvalue weighted by Gasteiger charge is -2.44. The summed E-state index contributed by atoms with van der Waals surface area (Å²) in [6.07, 6.45) is -0.395. The second-order valence-electron chi connectivity index (χ2n) is 19.0. The van der Waals surface area contributed by atoms with Crippen LogP contribution in [0.5, 0.6) is 0 Å². The van der Waals surface area contributed by atoms with E-state index < -0.39 is 135 Å². The van der Waals surface area contributed by atoms with Gasteiger partial charge in [0.2, 0.25) is 31.3 Å². The number of ketones is 1. The molecule has 2 unspecified atom stereocenters. The molecule has 2 aromatic carbocycles. The van der Waals surface area contributed by atoms with Gasteiger partial charge in [-0.3, -0.25) is 38.9 Å². The molecule has 3 saturated heterocycles. The maximum atomic E-state index is 14.7. The fourth-order valence-corrected chi connectivity index (χ4v) is 10.5. The van der Waals surface area contributed by atoms with Crippen molar-refractivity contribution in [1.82, 2.24) is 20.9 Å². The maximum absolute atomic E-state index is 14.7. The molecule has 0 radical (unpaired) electrons. The average molecular weight is 926 g/mol. The molecule has 0 spiro atoms. The van der Waals surface area contributed by atoms with Crippen molar-refractivity contribution in [1.29, 1.82) is 0 Å². The molecule has 2 aromatic rings. The number of hydrogen-bond donors (Lipinski definition) is 4. The predicted molar refractivity (Wildman–Crippen MR) is 237 cm³/mol. The molecule has 0 bridgehead atoms. The van der Waals surface area contributed by atoms with E-state index in [0.29, 0.717) is 11.1 Å². The van der Waals surface area contributed by atoms with Gasteiger partial charge in [-0.15, -0.1) is 23.5 Å². The van der Waals surface area contributed by atoms with Gasteiger partial charge < -0.3 is 40.2 Å². The number of carbonyl (C=O) groups excluding carboxylic acids is 8. The average Bonchev–Trinajstić information content (AvgIpc) is 3.69. The van der Waals surface area contributed by atoms with Gasteiger partial charge in [0.05, 0.1) is 28.2 Å². The number of β-lactam (4-membered cyclic amide) rings is 1. The lowest BCUT2D eigenvalue weighted by atomic mass is 9.92. The van der Waals surface area contributed by atoms with E-state index in [1.54, 1.807) is 130 Å². The summed E-state index contributed by atoms with van der Waals surface area (Å²) in [5.41, 5.74) is 5.67. The lowest BCUT2D eigenvalue weighted by Crippen LogP contribution is -2.71. The van der Waals surface area contributed by atoms with E-state index in [1.807, 2.05) is 0 Å². The van der Waals surface area contributed by atoms with Crippen molar-refractivity contribution in [2.45, 2.75) is 126 Å². The Morgan fingerprint density at radius 2 is 1.25 bits per heavy atom. The van der Waals surface area contributed by atoms with Gasteiger partial charge >= 0.3 is 23.9 Å². The van der Waals surface area contributed by atoms with E-state index in [1.165, 1.54) is 28.4 Å². The Kier molecular flexibility index (Phi) is 15.3. The number of fused-ring (bicyclic) bond motifs is 1. The zero-order chi connectivity index (χ0) is 47.5. The van der Waals surface area contributed by atoms with Crippen LogP contribution in [-0.2, 0) is 57.3 Å². The van der Waals surface area contributed by atoms with Crippen LogP contribution in [0.3, 0.4) is 0 Å². The van der Waals surface area contributed by atoms with E-state index in [2.05, 4.69) is 16.0 Å². The van der Waals surface area contributed by atoms with E-state index in [4.69, 9.17) is 24.7 Å². The van der Waals surface area contributed by atoms with Gasteiger partial charge in [0.25, 0.3) is 0 Å². The van der Waals surface area contributed by atoms with Crippen molar-refractivity contribution >= 4 is 70.9 Å². The maximum Gasteiger partial charge on any atom is 0.333 e. The summed E-state index contributed by atoms with van der Waals surface area (Å²) in [4.78, 5) is 109. The Bertz CT molecular complexity index is 2110. The molecule has 5 rings (SSSR count). The molecular weight excluding hydrogens is 867 g/mol. The molecule has 0 saturated carbocycles. The third kappa shape index (κ3) is 11.4. The number of esters is 4. The fraction of sp³-hybridized carbons (Fsp3) is 0.556. The number of thioether (sulfide) groups is 2. The zero-order valence-electron chi connectivity index (χ0n) is 37.8. The molecule has 17 nitrogen and oxygen atoms in total. The SMILES string of the molecule is CC(C)(C)C(=O)OCOC(=O)[C@@H]1N2C(=O)[C@@H](NC(=O)[C@H](NC(=O)C(CC(=O)[C@H](N)c3ccccc3)C3N[C@@H](C(=O)OCOC(=O)C(C)(C)C)C(C)(C)S3)c3ccccc3)[C@H]2SC1(C)C. The molecule has 0 aliphatic carbocycles. The number of ether oxygens (including phenoxy) is 4. The van der Waals surface area contributed by atoms with Gasteiger partial charge in [0, 0.05) is 15.9 Å². The highest BCUT2D eigenvalue weighted by Crippen LogP contribution is 2.51. The van der Waals surface area contributed by atoms with E-state index in [0.717, 1.165) is 0 Å². The molecule has 3 aliphatic heterocycles. The predicted octanol–water partition coefficient (Wildman–Crippen LogP) is 3.66. The molecule has 0 aromatic heterocycles. The topological polar surface area (TPSA) is 239 Å². The smallest absolute Gasteiger partial charge is 0.333 e. The second-order valence-corrected chi connectivity index (χ2v) is 22.6. The molecule has 64 heavy (non-hydrogen) atoms.